The molecule has 21 heavy (non-hydrogen) atoms. The van der Waals surface area contributed by atoms with Gasteiger partial charge in [0, 0.05) is 24.8 Å². The lowest BCUT2D eigenvalue weighted by Gasteiger charge is -2.18. The lowest BCUT2D eigenvalue weighted by atomic mass is 10.1. The van der Waals surface area contributed by atoms with Crippen LogP contribution in [-0.2, 0) is 9.53 Å². The molecule has 1 heterocycles. The minimum absolute atomic E-state index is 0.0710. The second-order valence-electron chi connectivity index (χ2n) is 5.59. The van der Waals surface area contributed by atoms with Gasteiger partial charge in [0.2, 0.25) is 5.91 Å². The molecule has 1 aromatic carbocycles. The highest BCUT2D eigenvalue weighted by molar-refractivity contribution is 5.91. The van der Waals surface area contributed by atoms with Gasteiger partial charge in [-0.05, 0) is 44.4 Å². The van der Waals surface area contributed by atoms with E-state index in [0.29, 0.717) is 6.42 Å². The number of amides is 1. The normalized spacial score (nSPS) is 19.4. The molecular weight excluding hydrogens is 264 g/mol. The summed E-state index contributed by atoms with van der Waals surface area (Å²) in [6.07, 6.45) is 3.81. The summed E-state index contributed by atoms with van der Waals surface area (Å²) in [5.41, 5.74) is 2.04. The zero-order chi connectivity index (χ0) is 15.1. The summed E-state index contributed by atoms with van der Waals surface area (Å²) >= 11 is 0. The fourth-order valence-corrected chi connectivity index (χ4v) is 2.78. The van der Waals surface area contributed by atoms with Crippen LogP contribution in [0.1, 0.15) is 51.1 Å². The van der Waals surface area contributed by atoms with Gasteiger partial charge in [0.25, 0.3) is 0 Å². The molecule has 2 unspecified atom stereocenters. The Morgan fingerprint density at radius 1 is 1.43 bits per heavy atom. The molecule has 0 bridgehead atoms. The molecule has 0 spiro atoms. The van der Waals surface area contributed by atoms with Crippen molar-refractivity contribution in [3.8, 4) is 0 Å². The third kappa shape index (κ3) is 4.83. The Hall–Kier alpha value is -1.39. The quantitative estimate of drug-likeness (QED) is 0.810. The van der Waals surface area contributed by atoms with Gasteiger partial charge in [0.1, 0.15) is 0 Å². The zero-order valence-electron chi connectivity index (χ0n) is 13.0. The first-order valence-electron chi connectivity index (χ1n) is 7.94. The summed E-state index contributed by atoms with van der Waals surface area (Å²) in [6.45, 7) is 5.94. The molecule has 2 atom stereocenters. The number of carbonyl (C=O) groups is 1. The van der Waals surface area contributed by atoms with E-state index in [0.717, 1.165) is 43.7 Å². The Bertz CT molecular complexity index is 456. The van der Waals surface area contributed by atoms with Crippen LogP contribution in [0.25, 0.3) is 0 Å². The highest BCUT2D eigenvalue weighted by Crippen LogP contribution is 2.23. The van der Waals surface area contributed by atoms with Crippen molar-refractivity contribution in [1.29, 1.82) is 0 Å². The maximum atomic E-state index is 12.1. The highest BCUT2D eigenvalue weighted by atomic mass is 16.5. The first-order valence-corrected chi connectivity index (χ1v) is 7.94. The van der Waals surface area contributed by atoms with E-state index in [-0.39, 0.29) is 18.1 Å². The smallest absolute Gasteiger partial charge is 0.224 e. The zero-order valence-corrected chi connectivity index (χ0v) is 13.0. The van der Waals surface area contributed by atoms with E-state index in [4.69, 9.17) is 4.74 Å². The first kappa shape index (κ1) is 16.0. The second kappa shape index (κ2) is 8.15. The van der Waals surface area contributed by atoms with Gasteiger partial charge >= 0.3 is 0 Å². The van der Waals surface area contributed by atoms with Gasteiger partial charge < -0.3 is 15.4 Å². The van der Waals surface area contributed by atoms with Crippen molar-refractivity contribution in [2.24, 2.45) is 0 Å². The molecule has 4 heteroatoms. The maximum absolute atomic E-state index is 12.1. The van der Waals surface area contributed by atoms with Crippen LogP contribution in [-0.4, -0.2) is 25.2 Å². The second-order valence-corrected chi connectivity index (χ2v) is 5.59. The highest BCUT2D eigenvalue weighted by Gasteiger charge is 2.17. The molecule has 4 nitrogen and oxygen atoms in total. The topological polar surface area (TPSA) is 50.4 Å². The number of rotatable bonds is 7. The van der Waals surface area contributed by atoms with Crippen LogP contribution < -0.4 is 10.6 Å². The molecule has 1 fully saturated rings. The number of ether oxygens (including phenoxy) is 1. The summed E-state index contributed by atoms with van der Waals surface area (Å²) in [5, 5.41) is 6.42. The summed E-state index contributed by atoms with van der Waals surface area (Å²) in [4.78, 5) is 12.1. The van der Waals surface area contributed by atoms with Crippen molar-refractivity contribution in [3.63, 3.8) is 0 Å². The Morgan fingerprint density at radius 2 is 2.24 bits per heavy atom. The van der Waals surface area contributed by atoms with Gasteiger partial charge in [-0.3, -0.25) is 4.79 Å². The van der Waals surface area contributed by atoms with E-state index in [9.17, 15) is 4.79 Å². The van der Waals surface area contributed by atoms with Gasteiger partial charge in [-0.25, -0.2) is 0 Å². The summed E-state index contributed by atoms with van der Waals surface area (Å²) < 4.78 is 5.56. The van der Waals surface area contributed by atoms with Crippen LogP contribution in [0.4, 0.5) is 5.69 Å². The molecule has 1 saturated heterocycles. The predicted molar refractivity (Wildman–Crippen MR) is 85.4 cm³/mol. The van der Waals surface area contributed by atoms with Gasteiger partial charge in [0.05, 0.1) is 6.10 Å². The molecule has 1 aliphatic heterocycles. The van der Waals surface area contributed by atoms with Gasteiger partial charge in [0.15, 0.2) is 0 Å². The fraction of sp³-hybridized carbons (Fsp3) is 0.588. The van der Waals surface area contributed by atoms with Gasteiger partial charge in [-0.2, -0.15) is 0 Å². The molecule has 1 aliphatic rings. The Morgan fingerprint density at radius 3 is 2.95 bits per heavy atom. The molecule has 2 rings (SSSR count). The minimum atomic E-state index is 0.0710. The fourth-order valence-electron chi connectivity index (χ4n) is 2.78. The molecule has 2 N–H and O–H groups in total. The van der Waals surface area contributed by atoms with Crippen LogP contribution in [0.5, 0.6) is 0 Å². The molecule has 1 aromatic rings. The van der Waals surface area contributed by atoms with E-state index in [1.165, 1.54) is 0 Å². The van der Waals surface area contributed by atoms with Crippen LogP contribution in [0.3, 0.4) is 0 Å². The average Bonchev–Trinajstić information content (AvgIpc) is 2.99. The van der Waals surface area contributed by atoms with E-state index < -0.39 is 0 Å². The van der Waals surface area contributed by atoms with E-state index in [2.05, 4.69) is 30.5 Å². The van der Waals surface area contributed by atoms with Crippen molar-refractivity contribution in [2.45, 2.75) is 51.7 Å². The number of nitrogens with one attached hydrogen (secondary N) is 2. The number of benzene rings is 1. The summed E-state index contributed by atoms with van der Waals surface area (Å²) in [5.74, 6) is 0.0710. The standard InChI is InChI=1S/C17H26N2O2/c1-3-18-13(2)15-8-4-5-9-16(15)19-17(20)11-10-14-7-6-12-21-14/h4-5,8-9,13-14,18H,3,6-7,10-12H2,1-2H3,(H,19,20). The molecule has 116 valence electrons. The largest absolute Gasteiger partial charge is 0.378 e. The molecule has 0 radical (unpaired) electrons. The lowest BCUT2D eigenvalue weighted by Crippen LogP contribution is -2.21. The van der Waals surface area contributed by atoms with E-state index in [1.54, 1.807) is 0 Å². The molecular formula is C17H26N2O2. The number of hydrogen-bond acceptors (Lipinski definition) is 3. The van der Waals surface area contributed by atoms with E-state index >= 15 is 0 Å². The third-order valence-electron chi connectivity index (χ3n) is 3.93. The molecule has 0 saturated carbocycles. The van der Waals surface area contributed by atoms with Gasteiger partial charge in [-0.15, -0.1) is 0 Å². The first-order chi connectivity index (χ1) is 10.2. The Labute approximate surface area is 127 Å². The summed E-state index contributed by atoms with van der Waals surface area (Å²) in [6, 6.07) is 8.21. The van der Waals surface area contributed by atoms with Crippen molar-refractivity contribution in [1.82, 2.24) is 5.32 Å². The minimum Gasteiger partial charge on any atom is -0.378 e. The third-order valence-corrected chi connectivity index (χ3v) is 3.93. The lowest BCUT2D eigenvalue weighted by molar-refractivity contribution is -0.116. The van der Waals surface area contributed by atoms with Crippen LogP contribution in [0.2, 0.25) is 0 Å². The van der Waals surface area contributed by atoms with Crippen LogP contribution in [0.15, 0.2) is 24.3 Å². The molecule has 1 amide bonds. The predicted octanol–water partition coefficient (Wildman–Crippen LogP) is 3.25. The van der Waals surface area contributed by atoms with Crippen molar-refractivity contribution >= 4 is 11.6 Å². The Balaban J connectivity index is 1.90. The van der Waals surface area contributed by atoms with Gasteiger partial charge in [-0.1, -0.05) is 25.1 Å². The van der Waals surface area contributed by atoms with Crippen LogP contribution in [0, 0.1) is 0 Å². The maximum Gasteiger partial charge on any atom is 0.224 e. The number of carbonyl (C=O) groups excluding carboxylic acids is 1. The van der Waals surface area contributed by atoms with Crippen molar-refractivity contribution < 1.29 is 9.53 Å². The Kier molecular flexibility index (Phi) is 6.21. The monoisotopic (exact) mass is 290 g/mol. The molecule has 0 aliphatic carbocycles. The SMILES string of the molecule is CCNC(C)c1ccccc1NC(=O)CCC1CCCO1. The van der Waals surface area contributed by atoms with E-state index in [1.807, 2.05) is 18.2 Å². The molecule has 0 aromatic heterocycles. The van der Waals surface area contributed by atoms with Crippen molar-refractivity contribution in [2.75, 3.05) is 18.5 Å². The number of hydrogen-bond donors (Lipinski definition) is 2. The number of para-hydroxylation sites is 1. The average molecular weight is 290 g/mol. The van der Waals surface area contributed by atoms with Crippen molar-refractivity contribution in [3.05, 3.63) is 29.8 Å². The van der Waals surface area contributed by atoms with Crippen LogP contribution >= 0.6 is 0 Å². The summed E-state index contributed by atoms with van der Waals surface area (Å²) in [7, 11) is 0. The number of anilines is 1.